The fourth-order valence-electron chi connectivity index (χ4n) is 1.95. The molecule has 5 nitrogen and oxygen atoms in total. The number of nitrogens with one attached hydrogen (secondary N) is 1. The van der Waals surface area contributed by atoms with Gasteiger partial charge in [0.2, 0.25) is 17.5 Å². The van der Waals surface area contributed by atoms with E-state index in [9.17, 15) is 14.4 Å². The SMILES string of the molecule is CCN(CCCNC(C)C)C(=O)C1=CC(=O)C(=O)C1. The molecule has 0 aromatic carbocycles. The van der Waals surface area contributed by atoms with Crippen molar-refractivity contribution in [1.29, 1.82) is 0 Å². The van der Waals surface area contributed by atoms with E-state index in [4.69, 9.17) is 0 Å². The zero-order valence-electron chi connectivity index (χ0n) is 11.9. The molecule has 0 heterocycles. The Morgan fingerprint density at radius 1 is 1.42 bits per heavy atom. The van der Waals surface area contributed by atoms with E-state index in [1.54, 1.807) is 4.90 Å². The van der Waals surface area contributed by atoms with E-state index >= 15 is 0 Å². The monoisotopic (exact) mass is 266 g/mol. The topological polar surface area (TPSA) is 66.5 Å². The Balaban J connectivity index is 2.46. The molecule has 0 aromatic rings. The van der Waals surface area contributed by atoms with Gasteiger partial charge in [0.15, 0.2) is 0 Å². The van der Waals surface area contributed by atoms with Crippen LogP contribution in [0.5, 0.6) is 0 Å². The Kier molecular flexibility index (Phi) is 5.89. The second-order valence-corrected chi connectivity index (χ2v) is 4.98. The number of likely N-dealkylation sites (N-methyl/N-ethyl adjacent to an activating group) is 1. The van der Waals surface area contributed by atoms with Crippen molar-refractivity contribution in [2.75, 3.05) is 19.6 Å². The minimum Gasteiger partial charge on any atom is -0.339 e. The first-order valence-corrected chi connectivity index (χ1v) is 6.76. The lowest BCUT2D eigenvalue weighted by Crippen LogP contribution is -2.35. The molecule has 1 rings (SSSR count). The van der Waals surface area contributed by atoms with Crippen LogP contribution >= 0.6 is 0 Å². The zero-order chi connectivity index (χ0) is 14.4. The van der Waals surface area contributed by atoms with E-state index in [1.165, 1.54) is 6.08 Å². The van der Waals surface area contributed by atoms with E-state index < -0.39 is 11.6 Å². The maximum atomic E-state index is 12.1. The number of nitrogens with zero attached hydrogens (tertiary/aromatic N) is 1. The molecule has 1 aliphatic rings. The average Bonchev–Trinajstić information content (AvgIpc) is 2.69. The molecule has 1 amide bonds. The second kappa shape index (κ2) is 7.19. The van der Waals surface area contributed by atoms with Gasteiger partial charge >= 0.3 is 0 Å². The summed E-state index contributed by atoms with van der Waals surface area (Å²) in [5.41, 5.74) is 0.327. The van der Waals surface area contributed by atoms with Crippen molar-refractivity contribution in [2.45, 2.75) is 39.7 Å². The van der Waals surface area contributed by atoms with Gasteiger partial charge in [0.05, 0.1) is 0 Å². The number of hydrogen-bond donors (Lipinski definition) is 1. The van der Waals surface area contributed by atoms with Gasteiger partial charge in [-0.3, -0.25) is 14.4 Å². The van der Waals surface area contributed by atoms with Gasteiger partial charge in [0.25, 0.3) is 0 Å². The Morgan fingerprint density at radius 3 is 2.58 bits per heavy atom. The minimum absolute atomic E-state index is 0.0432. The van der Waals surface area contributed by atoms with Crippen molar-refractivity contribution in [2.24, 2.45) is 0 Å². The van der Waals surface area contributed by atoms with Crippen LogP contribution in [0.1, 0.15) is 33.6 Å². The molecule has 106 valence electrons. The van der Waals surface area contributed by atoms with E-state index in [0.717, 1.165) is 13.0 Å². The van der Waals surface area contributed by atoms with E-state index in [0.29, 0.717) is 24.7 Å². The summed E-state index contributed by atoms with van der Waals surface area (Å²) in [5.74, 6) is -1.23. The van der Waals surface area contributed by atoms with Crippen molar-refractivity contribution in [3.05, 3.63) is 11.6 Å². The van der Waals surface area contributed by atoms with E-state index in [2.05, 4.69) is 19.2 Å². The quantitative estimate of drug-likeness (QED) is 0.544. The van der Waals surface area contributed by atoms with Crippen molar-refractivity contribution in [1.82, 2.24) is 10.2 Å². The summed E-state index contributed by atoms with van der Waals surface area (Å²) in [6, 6.07) is 0.429. The summed E-state index contributed by atoms with van der Waals surface area (Å²) in [4.78, 5) is 36.1. The number of amides is 1. The molecule has 0 aliphatic heterocycles. The van der Waals surface area contributed by atoms with Crippen LogP contribution in [0, 0.1) is 0 Å². The summed E-state index contributed by atoms with van der Waals surface area (Å²) in [7, 11) is 0. The third-order valence-corrected chi connectivity index (χ3v) is 3.03. The molecular weight excluding hydrogens is 244 g/mol. The summed E-state index contributed by atoms with van der Waals surface area (Å²) < 4.78 is 0. The smallest absolute Gasteiger partial charge is 0.250 e. The fraction of sp³-hybridized carbons (Fsp3) is 0.643. The number of ketones is 2. The number of hydrogen-bond acceptors (Lipinski definition) is 4. The lowest BCUT2D eigenvalue weighted by Gasteiger charge is -2.21. The largest absolute Gasteiger partial charge is 0.339 e. The van der Waals surface area contributed by atoms with Gasteiger partial charge in [-0.1, -0.05) is 13.8 Å². The molecule has 0 saturated carbocycles. The molecule has 19 heavy (non-hydrogen) atoms. The highest BCUT2D eigenvalue weighted by Gasteiger charge is 2.28. The van der Waals surface area contributed by atoms with Crippen LogP contribution in [0.25, 0.3) is 0 Å². The molecule has 0 spiro atoms. The van der Waals surface area contributed by atoms with Crippen molar-refractivity contribution in [3.8, 4) is 0 Å². The Bertz CT molecular complexity index is 399. The van der Waals surface area contributed by atoms with Crippen LogP contribution in [0.3, 0.4) is 0 Å². The maximum absolute atomic E-state index is 12.1. The summed E-state index contributed by atoms with van der Waals surface area (Å²) >= 11 is 0. The first-order valence-electron chi connectivity index (χ1n) is 6.76. The van der Waals surface area contributed by atoms with Crippen molar-refractivity contribution in [3.63, 3.8) is 0 Å². The number of rotatable bonds is 7. The first kappa shape index (κ1) is 15.6. The molecule has 0 aromatic heterocycles. The standard InChI is InChI=1S/C14H22N2O3/c1-4-16(7-5-6-15-10(2)3)14(19)11-8-12(17)13(18)9-11/h8,10,15H,4-7,9H2,1-3H3. The van der Waals surface area contributed by atoms with Gasteiger partial charge in [-0.25, -0.2) is 0 Å². The van der Waals surface area contributed by atoms with E-state index in [1.807, 2.05) is 6.92 Å². The molecule has 0 bridgehead atoms. The van der Waals surface area contributed by atoms with Crippen LogP contribution in [-0.2, 0) is 14.4 Å². The predicted molar refractivity (Wildman–Crippen MR) is 72.7 cm³/mol. The minimum atomic E-state index is -0.555. The maximum Gasteiger partial charge on any atom is 0.250 e. The lowest BCUT2D eigenvalue weighted by molar-refractivity contribution is -0.132. The number of carbonyl (C=O) groups is 3. The Morgan fingerprint density at radius 2 is 2.11 bits per heavy atom. The third-order valence-electron chi connectivity index (χ3n) is 3.03. The highest BCUT2D eigenvalue weighted by molar-refractivity contribution is 6.46. The summed E-state index contributed by atoms with van der Waals surface area (Å²) in [5, 5.41) is 3.29. The number of Topliss-reactive ketones (excluding diaryl/α,β-unsaturated/α-hetero) is 1. The van der Waals surface area contributed by atoms with Gasteiger partial charge < -0.3 is 10.2 Å². The number of allylic oxidation sites excluding steroid dienone is 1. The highest BCUT2D eigenvalue weighted by Crippen LogP contribution is 2.15. The van der Waals surface area contributed by atoms with Crippen LogP contribution in [0.15, 0.2) is 11.6 Å². The molecule has 0 radical (unpaired) electrons. The molecule has 0 atom stereocenters. The van der Waals surface area contributed by atoms with Crippen LogP contribution in [-0.4, -0.2) is 48.0 Å². The van der Waals surface area contributed by atoms with Crippen molar-refractivity contribution >= 4 is 17.5 Å². The predicted octanol–water partition coefficient (Wildman–Crippen LogP) is 0.691. The molecule has 0 fully saturated rings. The van der Waals surface area contributed by atoms with Crippen LogP contribution in [0.4, 0.5) is 0 Å². The first-order chi connectivity index (χ1) is 8.95. The summed E-state index contributed by atoms with van der Waals surface area (Å²) in [6.45, 7) is 8.10. The normalized spacial score (nSPS) is 15.1. The molecule has 1 N–H and O–H groups in total. The molecule has 1 aliphatic carbocycles. The molecule has 0 saturated heterocycles. The lowest BCUT2D eigenvalue weighted by atomic mass is 10.2. The molecule has 0 unspecified atom stereocenters. The van der Waals surface area contributed by atoms with Gasteiger partial charge in [-0.05, 0) is 26.0 Å². The average molecular weight is 266 g/mol. The highest BCUT2D eigenvalue weighted by atomic mass is 16.2. The van der Waals surface area contributed by atoms with Crippen LogP contribution in [0.2, 0.25) is 0 Å². The molecule has 5 heteroatoms. The van der Waals surface area contributed by atoms with E-state index in [-0.39, 0.29) is 12.3 Å². The summed E-state index contributed by atoms with van der Waals surface area (Å²) in [6.07, 6.45) is 1.99. The Hall–Kier alpha value is -1.49. The van der Waals surface area contributed by atoms with Crippen molar-refractivity contribution < 1.29 is 14.4 Å². The van der Waals surface area contributed by atoms with Crippen LogP contribution < -0.4 is 5.32 Å². The van der Waals surface area contributed by atoms with Gasteiger partial charge in [0, 0.05) is 31.1 Å². The zero-order valence-corrected chi connectivity index (χ0v) is 11.9. The second-order valence-electron chi connectivity index (χ2n) is 4.98. The molecular formula is C14H22N2O3. The fourth-order valence-corrected chi connectivity index (χ4v) is 1.95. The Labute approximate surface area is 114 Å². The van der Waals surface area contributed by atoms with Gasteiger partial charge in [-0.15, -0.1) is 0 Å². The van der Waals surface area contributed by atoms with Gasteiger partial charge in [0.1, 0.15) is 0 Å². The number of carbonyl (C=O) groups excluding carboxylic acids is 3. The van der Waals surface area contributed by atoms with Gasteiger partial charge in [-0.2, -0.15) is 0 Å². The third kappa shape index (κ3) is 4.59.